The maximum Gasteiger partial charge on any atom is 0.251 e. The van der Waals surface area contributed by atoms with E-state index in [-0.39, 0.29) is 5.91 Å². The molecule has 0 radical (unpaired) electrons. The minimum atomic E-state index is 0.0159. The molecule has 0 heterocycles. The maximum absolute atomic E-state index is 11.8. The maximum atomic E-state index is 11.8. The van der Waals surface area contributed by atoms with Gasteiger partial charge in [0.05, 0.1) is 0 Å². The summed E-state index contributed by atoms with van der Waals surface area (Å²) in [5, 5.41) is 2.94. The van der Waals surface area contributed by atoms with E-state index in [1.165, 1.54) is 19.3 Å². The molecule has 0 atom stereocenters. The summed E-state index contributed by atoms with van der Waals surface area (Å²) in [7, 11) is 0. The van der Waals surface area contributed by atoms with Crippen LogP contribution in [0, 0.1) is 6.92 Å². The molecule has 0 aliphatic heterocycles. The molecular weight excluding hydrogens is 278 g/mol. The molecule has 0 spiro atoms. The lowest BCUT2D eigenvalue weighted by molar-refractivity contribution is 0.0953. The van der Waals surface area contributed by atoms with Crippen LogP contribution in [0.5, 0.6) is 0 Å². The van der Waals surface area contributed by atoms with Gasteiger partial charge < -0.3 is 5.32 Å². The Kier molecular flexibility index (Phi) is 6.27. The van der Waals surface area contributed by atoms with Crippen LogP contribution in [0.25, 0.3) is 0 Å². The van der Waals surface area contributed by atoms with Gasteiger partial charge in [0.2, 0.25) is 0 Å². The SMILES string of the molecule is CCCCCCNC(=O)c1ccc(C)c(Br)c1. The second-order valence-corrected chi connectivity index (χ2v) is 5.13. The Labute approximate surface area is 112 Å². The predicted octanol–water partition coefficient (Wildman–Crippen LogP) is 4.07. The third-order valence-electron chi connectivity index (χ3n) is 2.75. The first-order valence-corrected chi connectivity index (χ1v) is 6.98. The monoisotopic (exact) mass is 297 g/mol. The summed E-state index contributed by atoms with van der Waals surface area (Å²) >= 11 is 3.44. The van der Waals surface area contributed by atoms with Gasteiger partial charge in [0.1, 0.15) is 0 Å². The number of aryl methyl sites for hydroxylation is 1. The zero-order valence-corrected chi connectivity index (χ0v) is 12.1. The van der Waals surface area contributed by atoms with E-state index < -0.39 is 0 Å². The summed E-state index contributed by atoms with van der Waals surface area (Å²) < 4.78 is 0.983. The lowest BCUT2D eigenvalue weighted by Crippen LogP contribution is -2.24. The van der Waals surface area contributed by atoms with E-state index in [9.17, 15) is 4.79 Å². The molecule has 1 amide bonds. The van der Waals surface area contributed by atoms with Crippen LogP contribution in [0.15, 0.2) is 22.7 Å². The summed E-state index contributed by atoms with van der Waals surface area (Å²) in [6, 6.07) is 5.69. The standard InChI is InChI=1S/C14H20BrNO/c1-3-4-5-6-9-16-14(17)12-8-7-11(2)13(15)10-12/h7-8,10H,3-6,9H2,1-2H3,(H,16,17). The second-order valence-electron chi connectivity index (χ2n) is 4.28. The summed E-state index contributed by atoms with van der Waals surface area (Å²) in [6.45, 7) is 4.96. The smallest absolute Gasteiger partial charge is 0.251 e. The first-order chi connectivity index (χ1) is 8.15. The number of benzene rings is 1. The summed E-state index contributed by atoms with van der Waals surface area (Å²) in [6.07, 6.45) is 4.71. The van der Waals surface area contributed by atoms with Crippen molar-refractivity contribution < 1.29 is 4.79 Å². The van der Waals surface area contributed by atoms with Crippen molar-refractivity contribution in [2.75, 3.05) is 6.54 Å². The largest absolute Gasteiger partial charge is 0.352 e. The molecule has 0 fully saturated rings. The third kappa shape index (κ3) is 4.90. The van der Waals surface area contributed by atoms with Gasteiger partial charge in [0.25, 0.3) is 5.91 Å². The Hall–Kier alpha value is -0.830. The normalized spacial score (nSPS) is 10.3. The molecule has 1 rings (SSSR count). The number of amides is 1. The van der Waals surface area contributed by atoms with Gasteiger partial charge in [-0.3, -0.25) is 4.79 Å². The molecule has 1 aromatic carbocycles. The number of carbonyl (C=O) groups is 1. The van der Waals surface area contributed by atoms with Crippen molar-refractivity contribution in [2.45, 2.75) is 39.5 Å². The van der Waals surface area contributed by atoms with Crippen LogP contribution in [0.2, 0.25) is 0 Å². The summed E-state index contributed by atoms with van der Waals surface area (Å²) in [5.74, 6) is 0.0159. The van der Waals surface area contributed by atoms with Crippen molar-refractivity contribution in [3.8, 4) is 0 Å². The number of hydrogen-bond donors (Lipinski definition) is 1. The van der Waals surface area contributed by atoms with E-state index >= 15 is 0 Å². The molecule has 0 saturated heterocycles. The quantitative estimate of drug-likeness (QED) is 0.788. The van der Waals surface area contributed by atoms with Gasteiger partial charge in [-0.2, -0.15) is 0 Å². The molecule has 1 N–H and O–H groups in total. The molecule has 94 valence electrons. The van der Waals surface area contributed by atoms with E-state index in [1.54, 1.807) is 0 Å². The van der Waals surface area contributed by atoms with Crippen LogP contribution in [0.4, 0.5) is 0 Å². The fraction of sp³-hybridized carbons (Fsp3) is 0.500. The van der Waals surface area contributed by atoms with Crippen molar-refractivity contribution in [2.24, 2.45) is 0 Å². The van der Waals surface area contributed by atoms with Gasteiger partial charge in [0.15, 0.2) is 0 Å². The van der Waals surface area contributed by atoms with Crippen LogP contribution < -0.4 is 5.32 Å². The van der Waals surface area contributed by atoms with Crippen molar-refractivity contribution >= 4 is 21.8 Å². The molecule has 0 aliphatic rings. The third-order valence-corrected chi connectivity index (χ3v) is 3.60. The molecule has 2 nitrogen and oxygen atoms in total. The van der Waals surface area contributed by atoms with Crippen molar-refractivity contribution in [1.82, 2.24) is 5.32 Å². The average molecular weight is 298 g/mol. The Bertz CT molecular complexity index is 376. The number of hydrogen-bond acceptors (Lipinski definition) is 1. The highest BCUT2D eigenvalue weighted by Gasteiger charge is 2.05. The highest BCUT2D eigenvalue weighted by Crippen LogP contribution is 2.17. The number of nitrogens with one attached hydrogen (secondary N) is 1. The first kappa shape index (κ1) is 14.2. The molecule has 3 heteroatoms. The molecular formula is C14H20BrNO. The van der Waals surface area contributed by atoms with Crippen LogP contribution in [0.1, 0.15) is 48.5 Å². The molecule has 0 aliphatic carbocycles. The van der Waals surface area contributed by atoms with Crippen LogP contribution in [-0.4, -0.2) is 12.5 Å². The van der Waals surface area contributed by atoms with Crippen LogP contribution in [-0.2, 0) is 0 Å². The zero-order chi connectivity index (χ0) is 12.7. The molecule has 17 heavy (non-hydrogen) atoms. The van der Waals surface area contributed by atoms with Crippen molar-refractivity contribution in [3.63, 3.8) is 0 Å². The summed E-state index contributed by atoms with van der Waals surface area (Å²) in [4.78, 5) is 11.8. The van der Waals surface area contributed by atoms with Crippen molar-refractivity contribution in [3.05, 3.63) is 33.8 Å². The highest BCUT2D eigenvalue weighted by atomic mass is 79.9. The Morgan fingerprint density at radius 1 is 1.29 bits per heavy atom. The summed E-state index contributed by atoms with van der Waals surface area (Å²) in [5.41, 5.74) is 1.86. The highest BCUT2D eigenvalue weighted by molar-refractivity contribution is 9.10. The molecule has 0 bridgehead atoms. The van der Waals surface area contributed by atoms with E-state index in [0.29, 0.717) is 0 Å². The van der Waals surface area contributed by atoms with Gasteiger partial charge in [-0.15, -0.1) is 0 Å². The van der Waals surface area contributed by atoms with E-state index in [4.69, 9.17) is 0 Å². The van der Waals surface area contributed by atoms with Crippen molar-refractivity contribution in [1.29, 1.82) is 0 Å². The van der Waals surface area contributed by atoms with Crippen LogP contribution in [0.3, 0.4) is 0 Å². The zero-order valence-electron chi connectivity index (χ0n) is 10.6. The Balaban J connectivity index is 2.39. The number of unbranched alkanes of at least 4 members (excludes halogenated alkanes) is 3. The van der Waals surface area contributed by atoms with Gasteiger partial charge in [0, 0.05) is 16.6 Å². The van der Waals surface area contributed by atoms with E-state index in [2.05, 4.69) is 28.2 Å². The molecule has 0 saturated carbocycles. The fourth-order valence-corrected chi connectivity index (χ4v) is 1.97. The fourth-order valence-electron chi connectivity index (χ4n) is 1.59. The lowest BCUT2D eigenvalue weighted by Gasteiger charge is -2.06. The molecule has 1 aromatic rings. The number of rotatable bonds is 6. The second kappa shape index (κ2) is 7.49. The number of carbonyl (C=O) groups excluding carboxylic acids is 1. The van der Waals surface area contributed by atoms with Gasteiger partial charge in [-0.25, -0.2) is 0 Å². The lowest BCUT2D eigenvalue weighted by atomic mass is 10.1. The average Bonchev–Trinajstić information content (AvgIpc) is 2.32. The minimum absolute atomic E-state index is 0.0159. The minimum Gasteiger partial charge on any atom is -0.352 e. The van der Waals surface area contributed by atoms with E-state index in [1.807, 2.05) is 25.1 Å². The number of halogens is 1. The van der Waals surface area contributed by atoms with Gasteiger partial charge >= 0.3 is 0 Å². The van der Waals surface area contributed by atoms with E-state index in [0.717, 1.165) is 28.6 Å². The first-order valence-electron chi connectivity index (χ1n) is 6.19. The van der Waals surface area contributed by atoms with Gasteiger partial charge in [-0.05, 0) is 31.0 Å². The van der Waals surface area contributed by atoms with Crippen LogP contribution >= 0.6 is 15.9 Å². The molecule has 0 unspecified atom stereocenters. The predicted molar refractivity (Wildman–Crippen MR) is 75.4 cm³/mol. The Morgan fingerprint density at radius 3 is 2.71 bits per heavy atom. The molecule has 0 aromatic heterocycles. The topological polar surface area (TPSA) is 29.1 Å². The Morgan fingerprint density at radius 2 is 2.06 bits per heavy atom. The van der Waals surface area contributed by atoms with Gasteiger partial charge in [-0.1, -0.05) is 48.2 Å².